The number of piperidine rings is 1. The Morgan fingerprint density at radius 1 is 1.11 bits per heavy atom. The number of para-hydroxylation sites is 1. The van der Waals surface area contributed by atoms with Gasteiger partial charge in [-0.3, -0.25) is 4.79 Å². The highest BCUT2D eigenvalue weighted by Gasteiger charge is 2.24. The maximum absolute atomic E-state index is 14.6. The summed E-state index contributed by atoms with van der Waals surface area (Å²) in [5.74, 6) is -0.239. The number of aryl methyl sites for hydroxylation is 1. The van der Waals surface area contributed by atoms with Crippen LogP contribution in [0.3, 0.4) is 0 Å². The molecule has 5 aromatic rings. The van der Waals surface area contributed by atoms with Crippen LogP contribution in [0.5, 0.6) is 0 Å². The minimum atomic E-state index is -0.228. The lowest BCUT2D eigenvalue weighted by molar-refractivity contribution is 0.0709. The lowest BCUT2D eigenvalue weighted by Crippen LogP contribution is -2.45. The number of benzene rings is 2. The maximum atomic E-state index is 14.6. The normalized spacial score (nSPS) is 16.2. The topological polar surface area (TPSA) is 68.6 Å². The summed E-state index contributed by atoms with van der Waals surface area (Å²) in [5, 5.41) is 1.07. The number of rotatable bonds is 4. The van der Waals surface area contributed by atoms with Crippen LogP contribution in [0.15, 0.2) is 72.9 Å². The van der Waals surface area contributed by atoms with Gasteiger partial charge in [0, 0.05) is 53.1 Å². The molecule has 6 nitrogen and oxygen atoms in total. The summed E-state index contributed by atoms with van der Waals surface area (Å²) in [4.78, 5) is 19.9. The third-order valence-electron chi connectivity index (χ3n) is 7.20. The van der Waals surface area contributed by atoms with Crippen LogP contribution >= 0.6 is 0 Å². The average Bonchev–Trinajstić information content (AvgIpc) is 3.42. The van der Waals surface area contributed by atoms with Crippen molar-refractivity contribution in [3.8, 4) is 11.4 Å². The molecule has 2 aromatic carbocycles. The number of fused-ring (bicyclic) bond motifs is 2. The number of carbonyl (C=O) groups excluding carboxylic acids is 1. The van der Waals surface area contributed by atoms with Crippen molar-refractivity contribution < 1.29 is 9.18 Å². The summed E-state index contributed by atoms with van der Waals surface area (Å²) in [7, 11) is 0. The Morgan fingerprint density at radius 2 is 1.92 bits per heavy atom. The van der Waals surface area contributed by atoms with Gasteiger partial charge in [-0.05, 0) is 50.1 Å². The zero-order valence-electron chi connectivity index (χ0n) is 20.2. The molecule has 1 unspecified atom stereocenters. The fourth-order valence-corrected chi connectivity index (χ4v) is 5.29. The number of carbonyl (C=O) groups is 1. The minimum absolute atomic E-state index is 0.0106. The van der Waals surface area contributed by atoms with Gasteiger partial charge >= 0.3 is 0 Å². The first-order valence-corrected chi connectivity index (χ1v) is 12.4. The van der Waals surface area contributed by atoms with E-state index in [2.05, 4.69) is 16.7 Å². The number of hydrogen-bond donors (Lipinski definition) is 1. The summed E-state index contributed by atoms with van der Waals surface area (Å²) in [6.07, 6.45) is 3.78. The molecule has 1 fully saturated rings. The van der Waals surface area contributed by atoms with Gasteiger partial charge < -0.3 is 19.6 Å². The molecule has 2 N–H and O–H groups in total. The third kappa shape index (κ3) is 3.85. The zero-order valence-corrected chi connectivity index (χ0v) is 20.2. The standard InChI is InChI=1S/C29H28FN5O/c1-19-28(32-27-16-21(12-14-34(19)27)29(36)33-13-6-9-23(31)18-33)26-15-20-7-3-5-11-25(20)35(26)17-22-8-2-4-10-24(22)30/h2-5,7-8,10-12,14-16,23H,6,9,13,17-18,31H2,1H3. The first-order chi connectivity index (χ1) is 17.5. The molecule has 0 spiro atoms. The van der Waals surface area contributed by atoms with Crippen molar-refractivity contribution in [3.05, 3.63) is 95.6 Å². The van der Waals surface area contributed by atoms with Crippen molar-refractivity contribution in [2.75, 3.05) is 13.1 Å². The highest BCUT2D eigenvalue weighted by Crippen LogP contribution is 2.32. The molecule has 1 atom stereocenters. The van der Waals surface area contributed by atoms with E-state index in [0.29, 0.717) is 29.9 Å². The highest BCUT2D eigenvalue weighted by atomic mass is 19.1. The first kappa shape index (κ1) is 22.5. The summed E-state index contributed by atoms with van der Waals surface area (Å²) >= 11 is 0. The van der Waals surface area contributed by atoms with E-state index in [1.165, 1.54) is 6.07 Å². The van der Waals surface area contributed by atoms with Crippen LogP contribution in [0.2, 0.25) is 0 Å². The summed E-state index contributed by atoms with van der Waals surface area (Å²) in [6, 6.07) is 20.8. The maximum Gasteiger partial charge on any atom is 0.254 e. The fraction of sp³-hybridized carbons (Fsp3) is 0.241. The van der Waals surface area contributed by atoms with Gasteiger partial charge in [0.1, 0.15) is 17.2 Å². The lowest BCUT2D eigenvalue weighted by Gasteiger charge is -2.30. The van der Waals surface area contributed by atoms with Gasteiger partial charge in [-0.1, -0.05) is 36.4 Å². The van der Waals surface area contributed by atoms with Crippen molar-refractivity contribution in [2.24, 2.45) is 5.73 Å². The summed E-state index contributed by atoms with van der Waals surface area (Å²) in [6.45, 7) is 3.72. The second-order valence-corrected chi connectivity index (χ2v) is 9.61. The summed E-state index contributed by atoms with van der Waals surface area (Å²) < 4.78 is 18.7. The van der Waals surface area contributed by atoms with Gasteiger partial charge in [-0.2, -0.15) is 0 Å². The number of aromatic nitrogens is 3. The van der Waals surface area contributed by atoms with Crippen LogP contribution in [-0.2, 0) is 6.54 Å². The van der Waals surface area contributed by atoms with Crippen LogP contribution < -0.4 is 5.73 Å². The van der Waals surface area contributed by atoms with Crippen molar-refractivity contribution in [1.29, 1.82) is 0 Å². The third-order valence-corrected chi connectivity index (χ3v) is 7.20. The van der Waals surface area contributed by atoms with E-state index in [4.69, 9.17) is 10.7 Å². The second-order valence-electron chi connectivity index (χ2n) is 9.61. The summed E-state index contributed by atoms with van der Waals surface area (Å²) in [5.41, 5.74) is 11.7. The van der Waals surface area contributed by atoms with Crippen LogP contribution in [0.25, 0.3) is 27.9 Å². The molecule has 0 saturated carbocycles. The predicted octanol–water partition coefficient (Wildman–Crippen LogP) is 5.02. The first-order valence-electron chi connectivity index (χ1n) is 12.4. The molecular formula is C29H28FN5O. The fourth-order valence-electron chi connectivity index (χ4n) is 5.29. The molecule has 7 heteroatoms. The van der Waals surface area contributed by atoms with Crippen LogP contribution in [0.4, 0.5) is 4.39 Å². The quantitative estimate of drug-likeness (QED) is 0.392. The van der Waals surface area contributed by atoms with E-state index >= 15 is 0 Å². The molecule has 3 aromatic heterocycles. The molecule has 1 aliphatic heterocycles. The van der Waals surface area contributed by atoms with Crippen LogP contribution in [0, 0.1) is 12.7 Å². The lowest BCUT2D eigenvalue weighted by atomic mass is 10.1. The van der Waals surface area contributed by atoms with E-state index in [1.54, 1.807) is 6.07 Å². The molecule has 0 radical (unpaired) electrons. The smallest absolute Gasteiger partial charge is 0.254 e. The Balaban J connectivity index is 1.44. The number of hydrogen-bond acceptors (Lipinski definition) is 3. The van der Waals surface area contributed by atoms with Crippen molar-refractivity contribution in [1.82, 2.24) is 18.9 Å². The Hall–Kier alpha value is -3.97. The predicted molar refractivity (Wildman–Crippen MR) is 139 cm³/mol. The number of amides is 1. The molecule has 36 heavy (non-hydrogen) atoms. The Morgan fingerprint density at radius 3 is 2.75 bits per heavy atom. The van der Waals surface area contributed by atoms with Gasteiger partial charge in [-0.15, -0.1) is 0 Å². The largest absolute Gasteiger partial charge is 0.337 e. The van der Waals surface area contributed by atoms with E-state index in [-0.39, 0.29) is 17.8 Å². The molecule has 0 bridgehead atoms. The molecule has 6 rings (SSSR count). The zero-order chi connectivity index (χ0) is 24.8. The number of halogens is 1. The van der Waals surface area contributed by atoms with Crippen molar-refractivity contribution >= 4 is 22.5 Å². The number of likely N-dealkylation sites (tertiary alicyclic amines) is 1. The van der Waals surface area contributed by atoms with Crippen LogP contribution in [0.1, 0.15) is 34.5 Å². The Bertz CT molecular complexity index is 1600. The molecule has 0 aliphatic carbocycles. The monoisotopic (exact) mass is 481 g/mol. The van der Waals surface area contributed by atoms with Gasteiger partial charge in [0.25, 0.3) is 5.91 Å². The van der Waals surface area contributed by atoms with Gasteiger partial charge in [0.05, 0.1) is 12.2 Å². The minimum Gasteiger partial charge on any atom is -0.337 e. The highest BCUT2D eigenvalue weighted by molar-refractivity contribution is 5.95. The van der Waals surface area contributed by atoms with Gasteiger partial charge in [0.15, 0.2) is 0 Å². The number of pyridine rings is 1. The molecular weight excluding hydrogens is 453 g/mol. The Kier molecular flexibility index (Phi) is 5.57. The van der Waals surface area contributed by atoms with Gasteiger partial charge in [-0.25, -0.2) is 9.37 Å². The number of nitrogens with zero attached hydrogens (tertiary/aromatic N) is 4. The second kappa shape index (κ2) is 8.91. The molecule has 1 aliphatic rings. The molecule has 1 amide bonds. The van der Waals surface area contributed by atoms with E-state index in [0.717, 1.165) is 47.4 Å². The number of imidazole rings is 1. The Labute approximate surface area is 208 Å². The molecule has 182 valence electrons. The van der Waals surface area contributed by atoms with Crippen molar-refractivity contribution in [2.45, 2.75) is 32.4 Å². The average molecular weight is 482 g/mol. The number of nitrogens with two attached hydrogens (primary N) is 1. The molecule has 4 heterocycles. The van der Waals surface area contributed by atoms with E-state index in [1.807, 2.05) is 64.9 Å². The van der Waals surface area contributed by atoms with Crippen molar-refractivity contribution in [3.63, 3.8) is 0 Å². The SMILES string of the molecule is Cc1c(-c2cc3ccccc3n2Cc2ccccc2F)nc2cc(C(=O)N3CCCC(N)C3)ccn12. The van der Waals surface area contributed by atoms with E-state index < -0.39 is 0 Å². The molecule has 1 saturated heterocycles. The van der Waals surface area contributed by atoms with E-state index in [9.17, 15) is 9.18 Å². The van der Waals surface area contributed by atoms with Crippen LogP contribution in [-0.4, -0.2) is 43.9 Å². The van der Waals surface area contributed by atoms with Gasteiger partial charge in [0.2, 0.25) is 0 Å².